The molecule has 4 heterocycles. The molecule has 10 nitrogen and oxygen atoms in total. The zero-order chi connectivity index (χ0) is 26.7. The minimum absolute atomic E-state index is 0.299. The minimum Gasteiger partial charge on any atom is -0.444 e. The fourth-order valence-corrected chi connectivity index (χ4v) is 4.22. The molecular formula is C27H32N8O2. The van der Waals surface area contributed by atoms with Crippen LogP contribution < -0.4 is 0 Å². The number of hydrogen-bond acceptors (Lipinski definition) is 7. The van der Waals surface area contributed by atoms with Crippen molar-refractivity contribution in [3.05, 3.63) is 60.0 Å². The van der Waals surface area contributed by atoms with Crippen LogP contribution in [-0.2, 0) is 11.8 Å². The summed E-state index contributed by atoms with van der Waals surface area (Å²) in [7, 11) is 1.87. The zero-order valence-electron chi connectivity index (χ0n) is 22.0. The highest BCUT2D eigenvalue weighted by atomic mass is 16.6. The third kappa shape index (κ3) is 5.72. The summed E-state index contributed by atoms with van der Waals surface area (Å²) in [5, 5.41) is 18.3. The summed E-state index contributed by atoms with van der Waals surface area (Å²) in [5.41, 5.74) is 4.47. The highest BCUT2D eigenvalue weighted by molar-refractivity contribution is 5.84. The quantitative estimate of drug-likeness (QED) is 0.386. The molecule has 3 aromatic heterocycles. The smallest absolute Gasteiger partial charge is 0.410 e. The number of carbonyl (C=O) groups is 1. The molecule has 0 bridgehead atoms. The minimum atomic E-state index is -0.523. The SMILES string of the molecule is C=N/C(=C\C=C(/C)c1cc(-c2cnn(C)c2)cn2ncc(C#N)c12)N1CCN(C(=O)OC(C)(C)C)CC1. The number of nitriles is 1. The van der Waals surface area contributed by atoms with Crippen molar-refractivity contribution in [3.8, 4) is 17.2 Å². The number of pyridine rings is 1. The molecule has 1 fully saturated rings. The molecule has 1 aliphatic rings. The van der Waals surface area contributed by atoms with Gasteiger partial charge < -0.3 is 14.5 Å². The van der Waals surface area contributed by atoms with Crippen molar-refractivity contribution in [1.82, 2.24) is 29.2 Å². The third-order valence-electron chi connectivity index (χ3n) is 6.10. The van der Waals surface area contributed by atoms with Crippen molar-refractivity contribution in [2.45, 2.75) is 33.3 Å². The summed E-state index contributed by atoms with van der Waals surface area (Å²) in [6, 6.07) is 4.29. The van der Waals surface area contributed by atoms with E-state index in [1.165, 1.54) is 0 Å². The van der Waals surface area contributed by atoms with Crippen molar-refractivity contribution in [2.75, 3.05) is 26.2 Å². The molecule has 0 saturated carbocycles. The number of nitrogens with zero attached hydrogens (tertiary/aromatic N) is 8. The lowest BCUT2D eigenvalue weighted by Gasteiger charge is -2.36. The van der Waals surface area contributed by atoms with Gasteiger partial charge in [0.2, 0.25) is 0 Å². The van der Waals surface area contributed by atoms with Gasteiger partial charge >= 0.3 is 6.09 Å². The lowest BCUT2D eigenvalue weighted by molar-refractivity contribution is 0.0168. The second-order valence-electron chi connectivity index (χ2n) is 10.00. The Labute approximate surface area is 216 Å². The van der Waals surface area contributed by atoms with Gasteiger partial charge in [0.05, 0.1) is 23.5 Å². The molecule has 0 atom stereocenters. The van der Waals surface area contributed by atoms with Gasteiger partial charge in [0.1, 0.15) is 17.5 Å². The largest absolute Gasteiger partial charge is 0.444 e. The number of ether oxygens (including phenoxy) is 1. The Morgan fingerprint density at radius 3 is 2.41 bits per heavy atom. The molecule has 10 heteroatoms. The highest BCUT2D eigenvalue weighted by Crippen LogP contribution is 2.29. The number of hydrogen-bond donors (Lipinski definition) is 0. The van der Waals surface area contributed by atoms with E-state index in [0.29, 0.717) is 31.7 Å². The average Bonchev–Trinajstić information content (AvgIpc) is 3.49. The normalized spacial score (nSPS) is 15.1. The molecule has 192 valence electrons. The third-order valence-corrected chi connectivity index (χ3v) is 6.10. The van der Waals surface area contributed by atoms with Gasteiger partial charge in [0.15, 0.2) is 0 Å². The number of fused-ring (bicyclic) bond motifs is 1. The fourth-order valence-electron chi connectivity index (χ4n) is 4.22. The number of rotatable bonds is 5. The maximum Gasteiger partial charge on any atom is 0.410 e. The Hall–Kier alpha value is -4.39. The van der Waals surface area contributed by atoms with Gasteiger partial charge in [-0.15, -0.1) is 0 Å². The first-order valence-electron chi connectivity index (χ1n) is 12.1. The number of allylic oxidation sites excluding steroid dienone is 3. The topological polar surface area (TPSA) is 104 Å². The van der Waals surface area contributed by atoms with Crippen LogP contribution in [0.25, 0.3) is 22.2 Å². The first-order valence-corrected chi connectivity index (χ1v) is 12.1. The monoisotopic (exact) mass is 500 g/mol. The second-order valence-corrected chi connectivity index (χ2v) is 10.00. The van der Waals surface area contributed by atoms with E-state index in [0.717, 1.165) is 33.6 Å². The van der Waals surface area contributed by atoms with Crippen molar-refractivity contribution < 1.29 is 9.53 Å². The standard InChI is InChI=1S/C27H32N8O2/c1-19(7-8-24(29-5)33-9-11-34(12-10-33)26(36)37-27(2,3)4)23-13-20(22-16-30-32(6)17-22)18-35-25(23)21(14-28)15-31-35/h7-8,13,15-18H,5,9-12H2,1-4,6H3/b19-7+,24-8+. The number of carbonyl (C=O) groups excluding carboxylic acids is 1. The molecule has 3 aromatic rings. The Bertz CT molecular complexity index is 1420. The molecule has 0 N–H and O–H groups in total. The predicted octanol–water partition coefficient (Wildman–Crippen LogP) is 4.10. The lowest BCUT2D eigenvalue weighted by Crippen LogP contribution is -2.49. The van der Waals surface area contributed by atoms with E-state index in [1.54, 1.807) is 26.5 Å². The molecule has 1 amide bonds. The van der Waals surface area contributed by atoms with Crippen LogP contribution in [0.1, 0.15) is 38.8 Å². The van der Waals surface area contributed by atoms with E-state index in [-0.39, 0.29) is 6.09 Å². The highest BCUT2D eigenvalue weighted by Gasteiger charge is 2.26. The van der Waals surface area contributed by atoms with Crippen molar-refractivity contribution in [3.63, 3.8) is 0 Å². The summed E-state index contributed by atoms with van der Waals surface area (Å²) in [6.07, 6.45) is 10.8. The number of aliphatic imine (C=N–C) groups is 1. The maximum absolute atomic E-state index is 12.4. The fraction of sp³-hybridized carbons (Fsp3) is 0.370. The number of aryl methyl sites for hydroxylation is 1. The summed E-state index contributed by atoms with van der Waals surface area (Å²) < 4.78 is 8.98. The van der Waals surface area contributed by atoms with Gasteiger partial charge in [-0.2, -0.15) is 15.5 Å². The van der Waals surface area contributed by atoms with Crippen LogP contribution in [0.15, 0.2) is 53.8 Å². The van der Waals surface area contributed by atoms with Crippen LogP contribution in [0.4, 0.5) is 4.79 Å². The maximum atomic E-state index is 12.4. The van der Waals surface area contributed by atoms with Crippen LogP contribution in [0, 0.1) is 11.3 Å². The van der Waals surface area contributed by atoms with E-state index in [9.17, 15) is 10.1 Å². The van der Waals surface area contributed by atoms with E-state index >= 15 is 0 Å². The molecule has 0 spiro atoms. The van der Waals surface area contributed by atoms with Crippen molar-refractivity contribution in [1.29, 1.82) is 5.26 Å². The van der Waals surface area contributed by atoms with Crippen LogP contribution in [0.3, 0.4) is 0 Å². The molecule has 0 radical (unpaired) electrons. The number of piperazine rings is 1. The van der Waals surface area contributed by atoms with E-state index in [4.69, 9.17) is 4.74 Å². The van der Waals surface area contributed by atoms with E-state index < -0.39 is 5.60 Å². The second kappa shape index (κ2) is 10.3. The average molecular weight is 501 g/mol. The van der Waals surface area contributed by atoms with Crippen molar-refractivity contribution >= 4 is 23.9 Å². The summed E-state index contributed by atoms with van der Waals surface area (Å²) in [4.78, 5) is 20.4. The van der Waals surface area contributed by atoms with Gasteiger partial charge in [0.25, 0.3) is 0 Å². The lowest BCUT2D eigenvalue weighted by atomic mass is 10.0. The van der Waals surface area contributed by atoms with E-state index in [1.807, 2.05) is 59.3 Å². The first-order chi connectivity index (χ1) is 17.6. The van der Waals surface area contributed by atoms with Gasteiger partial charge in [-0.1, -0.05) is 6.08 Å². The zero-order valence-corrected chi connectivity index (χ0v) is 22.0. The molecule has 37 heavy (non-hydrogen) atoms. The molecule has 1 aliphatic heterocycles. The Morgan fingerprint density at radius 2 is 1.81 bits per heavy atom. The van der Waals surface area contributed by atoms with Gasteiger partial charge in [-0.25, -0.2) is 14.3 Å². The van der Waals surface area contributed by atoms with Crippen LogP contribution in [-0.4, -0.2) is 73.8 Å². The molecule has 0 unspecified atom stereocenters. The van der Waals surface area contributed by atoms with Gasteiger partial charge in [-0.3, -0.25) is 4.68 Å². The van der Waals surface area contributed by atoms with Gasteiger partial charge in [-0.05, 0) is 52.1 Å². The van der Waals surface area contributed by atoms with Crippen molar-refractivity contribution in [2.24, 2.45) is 12.0 Å². The first kappa shape index (κ1) is 25.7. The number of amides is 1. The Morgan fingerprint density at radius 1 is 1.11 bits per heavy atom. The number of aromatic nitrogens is 4. The van der Waals surface area contributed by atoms with Crippen LogP contribution >= 0.6 is 0 Å². The molecule has 1 saturated heterocycles. The van der Waals surface area contributed by atoms with Crippen LogP contribution in [0.5, 0.6) is 0 Å². The summed E-state index contributed by atoms with van der Waals surface area (Å²) in [5.74, 6) is 0.719. The predicted molar refractivity (Wildman–Crippen MR) is 143 cm³/mol. The Balaban J connectivity index is 1.60. The molecule has 0 aliphatic carbocycles. The summed E-state index contributed by atoms with van der Waals surface area (Å²) >= 11 is 0. The molecule has 4 rings (SSSR count). The summed E-state index contributed by atoms with van der Waals surface area (Å²) in [6.45, 7) is 13.7. The Kier molecular flexibility index (Phi) is 7.16. The van der Waals surface area contributed by atoms with Gasteiger partial charge in [0, 0.05) is 62.3 Å². The molecular weight excluding hydrogens is 468 g/mol. The molecule has 0 aromatic carbocycles. The van der Waals surface area contributed by atoms with Crippen LogP contribution in [0.2, 0.25) is 0 Å². The van der Waals surface area contributed by atoms with E-state index in [2.05, 4.69) is 38.9 Å².